The number of aryl methyl sites for hydroxylation is 1. The molecule has 0 saturated carbocycles. The van der Waals surface area contributed by atoms with E-state index in [4.69, 9.17) is 14.2 Å². The van der Waals surface area contributed by atoms with Crippen molar-refractivity contribution in [2.75, 3.05) is 26.4 Å². The number of allylic oxidation sites excluding steroid dienone is 1. The second-order valence-electron chi connectivity index (χ2n) is 15.2. The molecule has 284 valence electrons. The zero-order valence-electron chi connectivity index (χ0n) is 32.3. The average Bonchev–Trinajstić information content (AvgIpc) is 3.82. The zero-order valence-corrected chi connectivity index (χ0v) is 33.9. The lowest BCUT2D eigenvalue weighted by atomic mass is 9.88. The van der Waals surface area contributed by atoms with E-state index in [1.54, 1.807) is 0 Å². The first-order valence-corrected chi connectivity index (χ1v) is 21.7. The molecule has 6 heteroatoms. The van der Waals surface area contributed by atoms with Crippen LogP contribution < -0.4 is 19.2 Å². The molecule has 0 radical (unpaired) electrons. The van der Waals surface area contributed by atoms with Gasteiger partial charge in [0.1, 0.15) is 24.7 Å². The van der Waals surface area contributed by atoms with E-state index < -0.39 is 0 Å². The molecule has 8 aromatic rings. The molecule has 4 nitrogen and oxygen atoms in total. The van der Waals surface area contributed by atoms with Crippen LogP contribution in [0.4, 0.5) is 0 Å². The lowest BCUT2D eigenvalue weighted by molar-refractivity contribution is 0.0554. The van der Waals surface area contributed by atoms with Crippen molar-refractivity contribution in [3.05, 3.63) is 135 Å². The van der Waals surface area contributed by atoms with Crippen LogP contribution >= 0.6 is 22.7 Å². The van der Waals surface area contributed by atoms with Crippen LogP contribution in [0.1, 0.15) is 49.1 Å². The predicted molar refractivity (Wildman–Crippen MR) is 242 cm³/mol. The first kappa shape index (κ1) is 36.1. The number of thiophene rings is 2. The Labute approximate surface area is 340 Å². The Balaban J connectivity index is 1.14. The largest absolute Gasteiger partial charge is 0.491 e. The summed E-state index contributed by atoms with van der Waals surface area (Å²) in [4.78, 5) is 1.38. The second-order valence-corrected chi connectivity index (χ2v) is 17.3. The summed E-state index contributed by atoms with van der Waals surface area (Å²) in [7, 11) is 0. The van der Waals surface area contributed by atoms with Crippen molar-refractivity contribution in [1.82, 2.24) is 0 Å². The second kappa shape index (κ2) is 15.3. The molecule has 0 unspecified atom stereocenters. The quantitative estimate of drug-likeness (QED) is 0.133. The van der Waals surface area contributed by atoms with Gasteiger partial charge in [-0.1, -0.05) is 91.0 Å². The molecule has 1 N–H and O–H groups in total. The monoisotopic (exact) mass is 784 g/mol. The minimum atomic E-state index is -0.0797. The van der Waals surface area contributed by atoms with E-state index >= 15 is 0 Å². The van der Waals surface area contributed by atoms with Crippen LogP contribution in [0.25, 0.3) is 81.7 Å². The van der Waals surface area contributed by atoms with Gasteiger partial charge in [-0.2, -0.15) is 0 Å². The number of fused-ring (bicyclic) bond motifs is 8. The highest BCUT2D eigenvalue weighted by Crippen LogP contribution is 2.48. The minimum absolute atomic E-state index is 0.0797. The van der Waals surface area contributed by atoms with Gasteiger partial charge in [-0.15, -0.1) is 22.7 Å². The molecular formula is C51H44O4S2. The van der Waals surface area contributed by atoms with E-state index in [2.05, 4.69) is 121 Å². The minimum Gasteiger partial charge on any atom is -0.491 e. The normalized spacial score (nSPS) is 13.8. The number of rotatable bonds is 11. The Kier molecular flexibility index (Phi) is 9.67. The summed E-state index contributed by atoms with van der Waals surface area (Å²) in [6.07, 6.45) is 11.6. The molecule has 0 spiro atoms. The lowest BCUT2D eigenvalue weighted by Crippen LogP contribution is -2.20. The van der Waals surface area contributed by atoms with E-state index in [-0.39, 0.29) is 19.3 Å². The van der Waals surface area contributed by atoms with Crippen LogP contribution in [-0.2, 0) is 11.2 Å². The van der Waals surface area contributed by atoms with Crippen molar-refractivity contribution >= 4 is 82.1 Å². The van der Waals surface area contributed by atoms with Gasteiger partial charge < -0.3 is 19.3 Å². The molecule has 0 bridgehead atoms. The number of ether oxygens (including phenoxy) is 3. The smallest absolute Gasteiger partial charge is 0.128 e. The SMILES string of the molecule is CC(C)OCCOc1ccc2cc(C3=CCCc4c3sc3ccccc43)ccc2c1-c1c(OCCO)ccc2cc(-c3cccc4c5c(sc34)=CCCC=5)ccc12. The van der Waals surface area contributed by atoms with Gasteiger partial charge in [0.25, 0.3) is 0 Å². The summed E-state index contributed by atoms with van der Waals surface area (Å²) in [5.74, 6) is 1.49. The first-order valence-electron chi connectivity index (χ1n) is 20.1. The van der Waals surface area contributed by atoms with Crippen LogP contribution in [0.3, 0.4) is 0 Å². The van der Waals surface area contributed by atoms with Crippen LogP contribution in [0, 0.1) is 0 Å². The molecule has 0 atom stereocenters. The van der Waals surface area contributed by atoms with Crippen LogP contribution in [0.15, 0.2) is 109 Å². The van der Waals surface area contributed by atoms with Crippen molar-refractivity contribution in [3.8, 4) is 33.8 Å². The Morgan fingerprint density at radius 1 is 0.632 bits per heavy atom. The van der Waals surface area contributed by atoms with Crippen molar-refractivity contribution in [2.24, 2.45) is 0 Å². The summed E-state index contributed by atoms with van der Waals surface area (Å²) in [6.45, 7) is 5.10. The number of aliphatic hydroxyl groups excluding tert-OH is 1. The molecule has 2 aliphatic rings. The Bertz CT molecular complexity index is 3000. The van der Waals surface area contributed by atoms with E-state index in [0.717, 1.165) is 64.1 Å². The van der Waals surface area contributed by atoms with Gasteiger partial charge in [0.2, 0.25) is 0 Å². The van der Waals surface area contributed by atoms with Crippen LogP contribution in [-0.4, -0.2) is 37.6 Å². The van der Waals surface area contributed by atoms with Gasteiger partial charge >= 0.3 is 0 Å². The highest BCUT2D eigenvalue weighted by Gasteiger charge is 2.23. The summed E-state index contributed by atoms with van der Waals surface area (Å²) in [6, 6.07) is 37.7. The maximum Gasteiger partial charge on any atom is 0.128 e. The first-order chi connectivity index (χ1) is 28.1. The molecule has 0 amide bonds. The third-order valence-corrected chi connectivity index (χ3v) is 13.8. The molecule has 2 aliphatic carbocycles. The maximum atomic E-state index is 9.93. The summed E-state index contributed by atoms with van der Waals surface area (Å²) in [5, 5.41) is 18.4. The molecule has 0 aliphatic heterocycles. The number of aliphatic hydroxyl groups is 1. The van der Waals surface area contributed by atoms with Crippen LogP contribution in [0.5, 0.6) is 11.5 Å². The number of hydrogen-bond donors (Lipinski definition) is 1. The van der Waals surface area contributed by atoms with Crippen LogP contribution in [0.2, 0.25) is 0 Å². The molecule has 2 heterocycles. The highest BCUT2D eigenvalue weighted by atomic mass is 32.1. The average molecular weight is 785 g/mol. The van der Waals surface area contributed by atoms with Gasteiger partial charge in [-0.3, -0.25) is 0 Å². The fourth-order valence-electron chi connectivity index (χ4n) is 8.76. The molecule has 6 aromatic carbocycles. The maximum absolute atomic E-state index is 9.93. The fourth-order valence-corrected chi connectivity index (χ4v) is 11.4. The third-order valence-electron chi connectivity index (χ3n) is 11.3. The van der Waals surface area contributed by atoms with Crippen molar-refractivity contribution in [2.45, 2.75) is 45.6 Å². The summed E-state index contributed by atoms with van der Waals surface area (Å²) in [5.41, 5.74) is 8.38. The molecule has 10 rings (SSSR count). The van der Waals surface area contributed by atoms with E-state index in [1.165, 1.54) is 62.6 Å². The topological polar surface area (TPSA) is 47.9 Å². The van der Waals surface area contributed by atoms with Gasteiger partial charge in [-0.25, -0.2) is 0 Å². The molecule has 57 heavy (non-hydrogen) atoms. The van der Waals surface area contributed by atoms with Gasteiger partial charge in [0.15, 0.2) is 0 Å². The van der Waals surface area contributed by atoms with Gasteiger partial charge in [-0.05, 0) is 130 Å². The van der Waals surface area contributed by atoms with E-state index in [1.807, 2.05) is 36.5 Å². The lowest BCUT2D eigenvalue weighted by Gasteiger charge is -2.21. The van der Waals surface area contributed by atoms with E-state index in [9.17, 15) is 5.11 Å². The predicted octanol–water partition coefficient (Wildman–Crippen LogP) is 11.7. The summed E-state index contributed by atoms with van der Waals surface area (Å²) >= 11 is 3.80. The Morgan fingerprint density at radius 2 is 1.35 bits per heavy atom. The zero-order chi connectivity index (χ0) is 38.5. The van der Waals surface area contributed by atoms with E-state index in [0.29, 0.717) is 19.0 Å². The standard InChI is InChI=1S/C51H44O4S2/c1-31(2)53-27-28-55-45-24-20-33-30-35(39-12-8-14-43-41-10-4-6-16-47(41)57-51(39)43)18-22-37(33)49(45)48-36-21-17-34(29-32(36)19-23-44(48)54-26-25-52)38-11-7-13-42-40-9-3-5-15-46(40)56-50(38)42/h4,6-7,9-13,15-24,29-31,52H,3,5,8,14,25-28H2,1-2H3. The van der Waals surface area contributed by atoms with Crippen molar-refractivity contribution in [1.29, 1.82) is 0 Å². The number of hydrogen-bond acceptors (Lipinski definition) is 6. The number of benzene rings is 6. The highest BCUT2D eigenvalue weighted by molar-refractivity contribution is 7.20. The van der Waals surface area contributed by atoms with Crippen molar-refractivity contribution < 1.29 is 19.3 Å². The molecular weight excluding hydrogens is 741 g/mol. The fraction of sp³-hybridized carbons (Fsp3) is 0.216. The third kappa shape index (κ3) is 6.55. The van der Waals surface area contributed by atoms with Gasteiger partial charge in [0, 0.05) is 35.3 Å². The Morgan fingerprint density at radius 3 is 2.14 bits per heavy atom. The van der Waals surface area contributed by atoms with Crippen molar-refractivity contribution in [3.63, 3.8) is 0 Å². The Hall–Kier alpha value is -5.24. The summed E-state index contributed by atoms with van der Waals surface area (Å²) < 4.78 is 23.0. The molecule has 2 aromatic heterocycles. The molecule has 0 fully saturated rings. The van der Waals surface area contributed by atoms with Gasteiger partial charge in [0.05, 0.1) is 19.3 Å². The molecule has 0 saturated heterocycles.